The summed E-state index contributed by atoms with van der Waals surface area (Å²) in [6.07, 6.45) is 1.08. The summed E-state index contributed by atoms with van der Waals surface area (Å²) in [6.45, 7) is 9.44. The minimum Gasteiger partial charge on any atom is -0.380 e. The van der Waals surface area contributed by atoms with E-state index >= 15 is 0 Å². The Morgan fingerprint density at radius 1 is 1.25 bits per heavy atom. The van der Waals surface area contributed by atoms with Crippen LogP contribution in [0.25, 0.3) is 0 Å². The molecule has 0 aliphatic rings. The maximum absolute atomic E-state index is 5.25. The molecule has 0 unspecified atom stereocenters. The molecule has 0 radical (unpaired) electrons. The molecule has 0 saturated heterocycles. The molecule has 0 spiro atoms. The van der Waals surface area contributed by atoms with Gasteiger partial charge in [-0.15, -0.1) is 0 Å². The molecule has 1 N–H and O–H groups in total. The lowest BCUT2D eigenvalue weighted by Crippen LogP contribution is -2.22. The first-order valence-corrected chi connectivity index (χ1v) is 4.69. The summed E-state index contributed by atoms with van der Waals surface area (Å²) in [7, 11) is 0. The van der Waals surface area contributed by atoms with Gasteiger partial charge in [-0.3, -0.25) is 0 Å². The van der Waals surface area contributed by atoms with E-state index in [1.807, 2.05) is 0 Å². The van der Waals surface area contributed by atoms with E-state index in [9.17, 15) is 0 Å². The van der Waals surface area contributed by atoms with Gasteiger partial charge in [-0.1, -0.05) is 20.8 Å². The van der Waals surface area contributed by atoms with Gasteiger partial charge in [0.25, 0.3) is 0 Å². The largest absolute Gasteiger partial charge is 0.380 e. The number of hydrogen-bond acceptors (Lipinski definition) is 3. The standard InChI is InChI=1S/C9H21NO2/c1-4-6-11-7-5-10-12-8-9(2)3/h9-10H,4-8H2,1-3H3. The van der Waals surface area contributed by atoms with Crippen LogP contribution in [0.1, 0.15) is 27.2 Å². The van der Waals surface area contributed by atoms with E-state index in [0.29, 0.717) is 5.92 Å². The number of ether oxygens (including phenoxy) is 1. The highest BCUT2D eigenvalue weighted by Gasteiger charge is 1.92. The molecule has 0 heterocycles. The van der Waals surface area contributed by atoms with Crippen LogP contribution in [0.2, 0.25) is 0 Å². The molecule has 3 nitrogen and oxygen atoms in total. The minimum absolute atomic E-state index is 0.578. The molecule has 12 heavy (non-hydrogen) atoms. The van der Waals surface area contributed by atoms with Gasteiger partial charge in [-0.2, -0.15) is 0 Å². The Kier molecular flexibility index (Phi) is 8.88. The first kappa shape index (κ1) is 11.9. The fraction of sp³-hybridized carbons (Fsp3) is 1.00. The van der Waals surface area contributed by atoms with E-state index in [0.717, 1.165) is 32.8 Å². The third kappa shape index (κ3) is 9.88. The molecule has 0 atom stereocenters. The van der Waals surface area contributed by atoms with Crippen LogP contribution in [0, 0.1) is 5.92 Å². The van der Waals surface area contributed by atoms with Crippen LogP contribution < -0.4 is 5.48 Å². The van der Waals surface area contributed by atoms with Gasteiger partial charge in [-0.05, 0) is 12.3 Å². The van der Waals surface area contributed by atoms with Crippen LogP contribution in [0.15, 0.2) is 0 Å². The zero-order valence-electron chi connectivity index (χ0n) is 8.43. The summed E-state index contributed by atoms with van der Waals surface area (Å²) in [4.78, 5) is 5.15. The molecule has 0 aliphatic heterocycles. The van der Waals surface area contributed by atoms with E-state index in [1.54, 1.807) is 0 Å². The van der Waals surface area contributed by atoms with E-state index < -0.39 is 0 Å². The second-order valence-electron chi connectivity index (χ2n) is 3.21. The fourth-order valence-corrected chi connectivity index (χ4v) is 0.658. The number of nitrogens with one attached hydrogen (secondary N) is 1. The lowest BCUT2D eigenvalue weighted by atomic mass is 10.2. The lowest BCUT2D eigenvalue weighted by Gasteiger charge is -2.07. The molecule has 74 valence electrons. The Hall–Kier alpha value is -0.120. The third-order valence-corrected chi connectivity index (χ3v) is 1.22. The van der Waals surface area contributed by atoms with Crippen molar-refractivity contribution in [1.29, 1.82) is 0 Å². The molecular weight excluding hydrogens is 154 g/mol. The smallest absolute Gasteiger partial charge is 0.0705 e. The Labute approximate surface area is 75.4 Å². The lowest BCUT2D eigenvalue weighted by molar-refractivity contribution is 0.00696. The summed E-state index contributed by atoms with van der Waals surface area (Å²) < 4.78 is 5.25. The Morgan fingerprint density at radius 2 is 2.00 bits per heavy atom. The van der Waals surface area contributed by atoms with Crippen molar-refractivity contribution in [2.45, 2.75) is 27.2 Å². The quantitative estimate of drug-likeness (QED) is 0.449. The van der Waals surface area contributed by atoms with Gasteiger partial charge in [0.15, 0.2) is 0 Å². The van der Waals surface area contributed by atoms with E-state index in [1.165, 1.54) is 0 Å². The zero-order valence-corrected chi connectivity index (χ0v) is 8.43. The van der Waals surface area contributed by atoms with Gasteiger partial charge in [0, 0.05) is 13.2 Å². The minimum atomic E-state index is 0.578. The van der Waals surface area contributed by atoms with Crippen LogP contribution in [-0.4, -0.2) is 26.4 Å². The molecule has 0 bridgehead atoms. The second-order valence-corrected chi connectivity index (χ2v) is 3.21. The van der Waals surface area contributed by atoms with Crippen molar-refractivity contribution in [2.24, 2.45) is 5.92 Å². The summed E-state index contributed by atoms with van der Waals surface area (Å²) in [5.41, 5.74) is 2.85. The zero-order chi connectivity index (χ0) is 9.23. The highest BCUT2D eigenvalue weighted by Crippen LogP contribution is 1.89. The average Bonchev–Trinajstić information content (AvgIpc) is 2.02. The van der Waals surface area contributed by atoms with Gasteiger partial charge in [0.1, 0.15) is 0 Å². The van der Waals surface area contributed by atoms with Crippen LogP contribution >= 0.6 is 0 Å². The molecule has 0 aromatic carbocycles. The molecule has 3 heteroatoms. The SMILES string of the molecule is CCCOCCNOCC(C)C. The maximum atomic E-state index is 5.25. The Balaban J connectivity index is 2.82. The summed E-state index contributed by atoms with van der Waals surface area (Å²) in [6, 6.07) is 0. The molecular formula is C9H21NO2. The summed E-state index contributed by atoms with van der Waals surface area (Å²) in [5.74, 6) is 0.578. The van der Waals surface area contributed by atoms with Crippen molar-refractivity contribution < 1.29 is 9.57 Å². The average molecular weight is 175 g/mol. The van der Waals surface area contributed by atoms with Gasteiger partial charge in [0.2, 0.25) is 0 Å². The molecule has 0 saturated carbocycles. The molecule has 0 rings (SSSR count). The monoisotopic (exact) mass is 175 g/mol. The van der Waals surface area contributed by atoms with Gasteiger partial charge in [0.05, 0.1) is 13.2 Å². The van der Waals surface area contributed by atoms with E-state index in [2.05, 4.69) is 26.3 Å². The molecule has 0 aliphatic carbocycles. The third-order valence-electron chi connectivity index (χ3n) is 1.22. The second kappa shape index (κ2) is 8.97. The first-order valence-electron chi connectivity index (χ1n) is 4.69. The van der Waals surface area contributed by atoms with Crippen molar-refractivity contribution in [3.05, 3.63) is 0 Å². The van der Waals surface area contributed by atoms with Crippen LogP contribution in [0.4, 0.5) is 0 Å². The molecule has 0 fully saturated rings. The van der Waals surface area contributed by atoms with Crippen LogP contribution in [0.5, 0.6) is 0 Å². The van der Waals surface area contributed by atoms with Crippen molar-refractivity contribution in [1.82, 2.24) is 5.48 Å². The van der Waals surface area contributed by atoms with Gasteiger partial charge >= 0.3 is 0 Å². The fourth-order valence-electron chi connectivity index (χ4n) is 0.658. The normalized spacial score (nSPS) is 11.0. The Bertz CT molecular complexity index is 86.6. The van der Waals surface area contributed by atoms with Crippen molar-refractivity contribution in [2.75, 3.05) is 26.4 Å². The first-order chi connectivity index (χ1) is 5.77. The Morgan fingerprint density at radius 3 is 2.58 bits per heavy atom. The predicted molar refractivity (Wildman–Crippen MR) is 49.9 cm³/mol. The van der Waals surface area contributed by atoms with E-state index in [4.69, 9.17) is 9.57 Å². The molecule has 0 aromatic heterocycles. The maximum Gasteiger partial charge on any atom is 0.0705 e. The van der Waals surface area contributed by atoms with Crippen molar-refractivity contribution in [3.8, 4) is 0 Å². The summed E-state index contributed by atoms with van der Waals surface area (Å²) in [5, 5.41) is 0. The highest BCUT2D eigenvalue weighted by molar-refractivity contribution is 4.38. The molecule has 0 amide bonds. The van der Waals surface area contributed by atoms with Crippen LogP contribution in [0.3, 0.4) is 0 Å². The van der Waals surface area contributed by atoms with Crippen molar-refractivity contribution >= 4 is 0 Å². The van der Waals surface area contributed by atoms with Crippen molar-refractivity contribution in [3.63, 3.8) is 0 Å². The molecule has 0 aromatic rings. The summed E-state index contributed by atoms with van der Waals surface area (Å²) >= 11 is 0. The topological polar surface area (TPSA) is 30.5 Å². The van der Waals surface area contributed by atoms with Gasteiger partial charge in [-0.25, -0.2) is 5.48 Å². The predicted octanol–water partition coefficient (Wildman–Crippen LogP) is 1.59. The number of rotatable bonds is 8. The van der Waals surface area contributed by atoms with E-state index in [-0.39, 0.29) is 0 Å². The van der Waals surface area contributed by atoms with Crippen LogP contribution in [-0.2, 0) is 9.57 Å². The highest BCUT2D eigenvalue weighted by atomic mass is 16.6. The number of hydroxylamine groups is 1. The van der Waals surface area contributed by atoms with Gasteiger partial charge < -0.3 is 9.57 Å². The number of hydrogen-bond donors (Lipinski definition) is 1.